The third-order valence-electron chi connectivity index (χ3n) is 5.80. The van der Waals surface area contributed by atoms with E-state index in [0.29, 0.717) is 11.4 Å². The van der Waals surface area contributed by atoms with Gasteiger partial charge in [-0.1, -0.05) is 6.07 Å². The van der Waals surface area contributed by atoms with Gasteiger partial charge in [-0.3, -0.25) is 0 Å². The summed E-state index contributed by atoms with van der Waals surface area (Å²) in [6.45, 7) is 1.86. The fraction of sp³-hybridized carbons (Fsp3) is 0.120. The van der Waals surface area contributed by atoms with Crippen molar-refractivity contribution in [3.63, 3.8) is 0 Å². The third-order valence-corrected chi connectivity index (χ3v) is 7.48. The molecule has 4 rings (SSSR count). The summed E-state index contributed by atoms with van der Waals surface area (Å²) in [4.78, 5) is -1.55. The van der Waals surface area contributed by atoms with E-state index >= 15 is 0 Å². The minimum Gasteiger partial charge on any atom is -0.744 e. The van der Waals surface area contributed by atoms with Crippen LogP contribution in [0.15, 0.2) is 84.8 Å². The number of azo groups is 2. The molecule has 0 saturated heterocycles. The van der Waals surface area contributed by atoms with Gasteiger partial charge >= 0.3 is 59.1 Å². The van der Waals surface area contributed by atoms with Gasteiger partial charge in [0.25, 0.3) is 0 Å². The van der Waals surface area contributed by atoms with E-state index in [4.69, 9.17) is 15.2 Å². The number of ether oxygens (including phenoxy) is 2. The van der Waals surface area contributed by atoms with Gasteiger partial charge in [-0.25, -0.2) is 16.8 Å². The summed E-state index contributed by atoms with van der Waals surface area (Å²) in [7, 11) is -7.44. The first-order chi connectivity index (χ1) is 19.2. The normalized spacial score (nSPS) is 11.8. The maximum Gasteiger partial charge on any atom is 1.00 e. The Hall–Kier alpha value is -2.64. The smallest absolute Gasteiger partial charge is 0.744 e. The molecule has 43 heavy (non-hydrogen) atoms. The van der Waals surface area contributed by atoms with Crippen molar-refractivity contribution in [2.75, 3.05) is 20.0 Å². The Kier molecular flexibility index (Phi) is 12.3. The first-order valence-corrected chi connectivity index (χ1v) is 14.2. The quantitative estimate of drug-likeness (QED) is 0.104. The second kappa shape index (κ2) is 14.4. The SMILES string of the molecule is COc1cc(S(=O)(=O)[O-])ccc1N=Nc1c(S(=O)(=O)[O-])cc2c(N=Nc3ccc(C)cc3OC)c(N)ccc2c1O.[Na+].[Na+]. The summed E-state index contributed by atoms with van der Waals surface area (Å²) < 4.78 is 81.0. The van der Waals surface area contributed by atoms with Crippen LogP contribution in [-0.4, -0.2) is 45.3 Å². The number of benzene rings is 4. The van der Waals surface area contributed by atoms with Crippen LogP contribution < -0.4 is 74.3 Å². The third kappa shape index (κ3) is 8.10. The molecular formula is C25H21N5Na2O9S2. The summed E-state index contributed by atoms with van der Waals surface area (Å²) >= 11 is 0. The molecule has 0 atom stereocenters. The second-order valence-corrected chi connectivity index (χ2v) is 11.2. The van der Waals surface area contributed by atoms with Crippen molar-refractivity contribution in [2.24, 2.45) is 20.5 Å². The molecule has 0 bridgehead atoms. The maximum atomic E-state index is 12.2. The number of anilines is 1. The average Bonchev–Trinajstić information content (AvgIpc) is 2.91. The van der Waals surface area contributed by atoms with E-state index < -0.39 is 41.5 Å². The van der Waals surface area contributed by atoms with E-state index in [1.165, 1.54) is 26.4 Å². The number of aryl methyl sites for hydroxylation is 1. The van der Waals surface area contributed by atoms with Gasteiger partial charge in [-0.05, 0) is 61.0 Å². The summed E-state index contributed by atoms with van der Waals surface area (Å²) in [6, 6.07) is 11.8. The number of hydrogen-bond donors (Lipinski definition) is 2. The molecule has 0 fully saturated rings. The van der Waals surface area contributed by atoms with Gasteiger partial charge in [-0.15, -0.1) is 20.5 Å². The fourth-order valence-corrected chi connectivity index (χ4v) is 4.91. The minimum atomic E-state index is -5.25. The zero-order chi connectivity index (χ0) is 30.1. The molecule has 0 unspecified atom stereocenters. The molecule has 4 aromatic rings. The molecule has 0 saturated carbocycles. The van der Waals surface area contributed by atoms with Crippen LogP contribution in [0.1, 0.15) is 5.56 Å². The molecule has 0 radical (unpaired) electrons. The number of nitrogens with zero attached hydrogens (tertiary/aromatic N) is 4. The predicted molar refractivity (Wildman–Crippen MR) is 145 cm³/mol. The van der Waals surface area contributed by atoms with Crippen LogP contribution in [0, 0.1) is 6.92 Å². The largest absolute Gasteiger partial charge is 1.00 e. The van der Waals surface area contributed by atoms with Crippen molar-refractivity contribution in [3.05, 3.63) is 60.2 Å². The van der Waals surface area contributed by atoms with Crippen molar-refractivity contribution < 1.29 is 99.6 Å². The van der Waals surface area contributed by atoms with Crippen LogP contribution in [0.3, 0.4) is 0 Å². The molecule has 214 valence electrons. The summed E-state index contributed by atoms with van der Waals surface area (Å²) in [5, 5.41) is 26.9. The van der Waals surface area contributed by atoms with Crippen LogP contribution in [0.25, 0.3) is 10.8 Å². The summed E-state index contributed by atoms with van der Waals surface area (Å²) in [5.41, 5.74) is 6.52. The number of nitrogens with two attached hydrogens (primary N) is 1. The standard InChI is InChI=1S/C25H23N5O9S2.2Na/c1-13-4-8-18(20(10-13)38-2)27-29-23-16-12-22(41(35,36)37)24(25(31)15(16)6-7-17(23)26)30-28-19-9-5-14(40(32,33)34)11-21(19)39-3;;/h4-12,31H,26H2,1-3H3,(H,32,33,34)(H,35,36,37);;/q;2*+1/p-2. The Morgan fingerprint density at radius 3 is 1.84 bits per heavy atom. The molecule has 0 aliphatic rings. The Labute approximate surface area is 291 Å². The van der Waals surface area contributed by atoms with Crippen molar-refractivity contribution in [1.29, 1.82) is 0 Å². The number of aromatic hydroxyl groups is 1. The van der Waals surface area contributed by atoms with Crippen molar-refractivity contribution in [1.82, 2.24) is 0 Å². The Morgan fingerprint density at radius 1 is 0.721 bits per heavy atom. The van der Waals surface area contributed by atoms with E-state index in [1.54, 1.807) is 18.2 Å². The molecule has 14 nitrogen and oxygen atoms in total. The molecular weight excluding hydrogens is 624 g/mol. The van der Waals surface area contributed by atoms with E-state index in [-0.39, 0.29) is 92.7 Å². The maximum absolute atomic E-state index is 12.2. The molecule has 0 amide bonds. The van der Waals surface area contributed by atoms with E-state index in [2.05, 4.69) is 20.5 Å². The average molecular weight is 646 g/mol. The van der Waals surface area contributed by atoms with E-state index in [1.807, 2.05) is 6.92 Å². The van der Waals surface area contributed by atoms with Crippen LogP contribution in [0.5, 0.6) is 17.2 Å². The van der Waals surface area contributed by atoms with Crippen molar-refractivity contribution >= 4 is 59.4 Å². The predicted octanol–water partition coefficient (Wildman–Crippen LogP) is -0.900. The van der Waals surface area contributed by atoms with E-state index in [9.17, 15) is 31.0 Å². The topological polar surface area (TPSA) is 229 Å². The molecule has 3 N–H and O–H groups in total. The number of rotatable bonds is 8. The summed E-state index contributed by atoms with van der Waals surface area (Å²) in [5.74, 6) is -0.514. The first kappa shape index (κ1) is 36.6. The van der Waals surface area contributed by atoms with Gasteiger partial charge in [-0.2, -0.15) is 0 Å². The Balaban J connectivity index is 0.00000323. The fourth-order valence-electron chi connectivity index (χ4n) is 3.79. The number of nitrogen functional groups attached to an aromatic ring is 1. The molecule has 18 heteroatoms. The van der Waals surface area contributed by atoms with E-state index in [0.717, 1.165) is 29.8 Å². The first-order valence-electron chi connectivity index (χ1n) is 11.4. The van der Waals surface area contributed by atoms with Crippen LogP contribution >= 0.6 is 0 Å². The number of phenols is 1. The molecule has 0 aromatic heterocycles. The number of hydrogen-bond acceptors (Lipinski definition) is 14. The molecule has 4 aromatic carbocycles. The van der Waals surface area contributed by atoms with Crippen molar-refractivity contribution in [2.45, 2.75) is 16.7 Å². The monoisotopic (exact) mass is 645 g/mol. The second-order valence-electron chi connectivity index (χ2n) is 8.49. The Bertz CT molecular complexity index is 1970. The van der Waals surface area contributed by atoms with Crippen molar-refractivity contribution in [3.8, 4) is 17.2 Å². The minimum absolute atomic E-state index is 0. The van der Waals surface area contributed by atoms with Gasteiger partial charge in [0.15, 0.2) is 5.75 Å². The number of phenolic OH excluding ortho intramolecular Hbond substituents is 1. The number of methoxy groups -OCH3 is 2. The van der Waals surface area contributed by atoms with Gasteiger partial charge in [0, 0.05) is 10.8 Å². The van der Waals surface area contributed by atoms with Gasteiger partial charge in [0.1, 0.15) is 54.5 Å². The van der Waals surface area contributed by atoms with Gasteiger partial charge in [0.2, 0.25) is 0 Å². The molecule has 0 spiro atoms. The number of fused-ring (bicyclic) bond motifs is 1. The Morgan fingerprint density at radius 2 is 1.28 bits per heavy atom. The van der Waals surface area contributed by atoms with Crippen LogP contribution in [0.4, 0.5) is 28.4 Å². The van der Waals surface area contributed by atoms with Crippen LogP contribution in [-0.2, 0) is 20.2 Å². The molecule has 0 aliphatic carbocycles. The zero-order valence-corrected chi connectivity index (χ0v) is 29.2. The van der Waals surface area contributed by atoms with Gasteiger partial charge in [0.05, 0.1) is 29.7 Å². The van der Waals surface area contributed by atoms with Crippen LogP contribution in [0.2, 0.25) is 0 Å². The molecule has 0 heterocycles. The van der Waals surface area contributed by atoms with Gasteiger partial charge < -0.3 is 29.4 Å². The zero-order valence-electron chi connectivity index (χ0n) is 23.6. The molecule has 0 aliphatic heterocycles. The summed E-state index contributed by atoms with van der Waals surface area (Å²) in [6.07, 6.45) is 0.